The standard InChI is InChI=1S/C13H24N4/c1-3-5-9-17(10-6-4-2)12-8-7-11(14)13(15)16-12/h7-8H,3-6,9-10,14H2,1-2H3,(H2,15,16). The van der Waals surface area contributed by atoms with Gasteiger partial charge in [-0.15, -0.1) is 0 Å². The molecule has 0 aliphatic rings. The molecule has 1 rings (SSSR count). The van der Waals surface area contributed by atoms with Crippen LogP contribution >= 0.6 is 0 Å². The van der Waals surface area contributed by atoms with Crippen LogP contribution in [0, 0.1) is 0 Å². The second kappa shape index (κ2) is 6.99. The number of rotatable bonds is 7. The molecule has 0 saturated carbocycles. The molecule has 0 bridgehead atoms. The SMILES string of the molecule is CCCCN(CCCC)c1ccc(N)c(N)n1. The van der Waals surface area contributed by atoms with Crippen LogP contribution in [0.3, 0.4) is 0 Å². The number of pyridine rings is 1. The van der Waals surface area contributed by atoms with Crippen LogP contribution in [0.4, 0.5) is 17.3 Å². The van der Waals surface area contributed by atoms with Gasteiger partial charge < -0.3 is 16.4 Å². The highest BCUT2D eigenvalue weighted by Gasteiger charge is 2.08. The number of nitrogens with two attached hydrogens (primary N) is 2. The van der Waals surface area contributed by atoms with E-state index in [9.17, 15) is 0 Å². The van der Waals surface area contributed by atoms with Crippen LogP contribution in [0.25, 0.3) is 0 Å². The second-order valence-electron chi connectivity index (χ2n) is 4.34. The molecule has 96 valence electrons. The summed E-state index contributed by atoms with van der Waals surface area (Å²) in [6, 6.07) is 3.79. The summed E-state index contributed by atoms with van der Waals surface area (Å²) < 4.78 is 0. The molecule has 0 atom stereocenters. The molecule has 17 heavy (non-hydrogen) atoms. The Bertz CT molecular complexity index is 330. The van der Waals surface area contributed by atoms with Gasteiger partial charge in [-0.1, -0.05) is 26.7 Å². The van der Waals surface area contributed by atoms with E-state index in [1.807, 2.05) is 12.1 Å². The summed E-state index contributed by atoms with van der Waals surface area (Å²) in [5.74, 6) is 1.37. The fourth-order valence-electron chi connectivity index (χ4n) is 1.69. The van der Waals surface area contributed by atoms with E-state index in [0.717, 1.165) is 18.9 Å². The van der Waals surface area contributed by atoms with Gasteiger partial charge in [0.2, 0.25) is 0 Å². The van der Waals surface area contributed by atoms with E-state index in [1.54, 1.807) is 0 Å². The summed E-state index contributed by atoms with van der Waals surface area (Å²) in [5, 5.41) is 0. The van der Waals surface area contributed by atoms with Crippen molar-refractivity contribution in [3.63, 3.8) is 0 Å². The zero-order chi connectivity index (χ0) is 12.7. The van der Waals surface area contributed by atoms with Crippen LogP contribution in [0.5, 0.6) is 0 Å². The fourth-order valence-corrected chi connectivity index (χ4v) is 1.69. The Hall–Kier alpha value is -1.45. The average molecular weight is 236 g/mol. The van der Waals surface area contributed by atoms with Crippen LogP contribution < -0.4 is 16.4 Å². The highest BCUT2D eigenvalue weighted by atomic mass is 15.2. The molecule has 4 heteroatoms. The van der Waals surface area contributed by atoms with Crippen LogP contribution in [-0.4, -0.2) is 18.1 Å². The minimum absolute atomic E-state index is 0.431. The second-order valence-corrected chi connectivity index (χ2v) is 4.34. The van der Waals surface area contributed by atoms with E-state index < -0.39 is 0 Å². The van der Waals surface area contributed by atoms with E-state index in [-0.39, 0.29) is 0 Å². The van der Waals surface area contributed by atoms with E-state index >= 15 is 0 Å². The summed E-state index contributed by atoms with van der Waals surface area (Å²) in [4.78, 5) is 6.65. The van der Waals surface area contributed by atoms with Gasteiger partial charge in [-0.05, 0) is 25.0 Å². The minimum Gasteiger partial charge on any atom is -0.396 e. The van der Waals surface area contributed by atoms with Gasteiger partial charge in [-0.3, -0.25) is 0 Å². The third-order valence-electron chi connectivity index (χ3n) is 2.83. The lowest BCUT2D eigenvalue weighted by atomic mass is 10.2. The summed E-state index contributed by atoms with van der Waals surface area (Å²) in [7, 11) is 0. The maximum Gasteiger partial charge on any atom is 0.149 e. The molecular weight excluding hydrogens is 212 g/mol. The van der Waals surface area contributed by atoms with Gasteiger partial charge in [0.25, 0.3) is 0 Å². The molecule has 4 nitrogen and oxygen atoms in total. The first-order valence-corrected chi connectivity index (χ1v) is 6.46. The molecule has 1 aromatic rings. The Labute approximate surface area is 104 Å². The zero-order valence-electron chi connectivity index (χ0n) is 10.9. The Kier molecular flexibility index (Phi) is 5.60. The third kappa shape index (κ3) is 4.13. The molecule has 0 radical (unpaired) electrons. The van der Waals surface area contributed by atoms with Crippen molar-refractivity contribution in [1.82, 2.24) is 4.98 Å². The summed E-state index contributed by atoms with van der Waals surface area (Å²) in [5.41, 5.74) is 12.0. The summed E-state index contributed by atoms with van der Waals surface area (Å²) in [6.07, 6.45) is 4.73. The van der Waals surface area contributed by atoms with Crippen LogP contribution in [0.15, 0.2) is 12.1 Å². The molecular formula is C13H24N4. The number of aromatic nitrogens is 1. The molecule has 0 fully saturated rings. The first-order valence-electron chi connectivity index (χ1n) is 6.46. The van der Waals surface area contributed by atoms with Gasteiger partial charge in [-0.2, -0.15) is 0 Å². The Morgan fingerprint density at radius 2 is 1.65 bits per heavy atom. The lowest BCUT2D eigenvalue weighted by Crippen LogP contribution is -2.26. The van der Waals surface area contributed by atoms with Gasteiger partial charge in [0.1, 0.15) is 11.6 Å². The largest absolute Gasteiger partial charge is 0.396 e. The van der Waals surface area contributed by atoms with Gasteiger partial charge >= 0.3 is 0 Å². The van der Waals surface area contributed by atoms with E-state index in [0.29, 0.717) is 11.5 Å². The molecule has 0 aromatic carbocycles. The molecule has 0 aliphatic carbocycles. The molecule has 4 N–H and O–H groups in total. The number of nitrogen functional groups attached to an aromatic ring is 2. The minimum atomic E-state index is 0.431. The first-order chi connectivity index (χ1) is 8.19. The lowest BCUT2D eigenvalue weighted by Gasteiger charge is -2.23. The molecule has 0 aliphatic heterocycles. The van der Waals surface area contributed by atoms with Crippen molar-refractivity contribution in [3.05, 3.63) is 12.1 Å². The Morgan fingerprint density at radius 3 is 2.12 bits per heavy atom. The maximum absolute atomic E-state index is 5.75. The normalized spacial score (nSPS) is 10.5. The number of anilines is 3. The highest BCUT2D eigenvalue weighted by Crippen LogP contribution is 2.19. The van der Waals surface area contributed by atoms with Crippen molar-refractivity contribution in [2.75, 3.05) is 29.5 Å². The summed E-state index contributed by atoms with van der Waals surface area (Å²) in [6.45, 7) is 6.46. The van der Waals surface area contributed by atoms with Crippen LogP contribution in [0.2, 0.25) is 0 Å². The molecule has 1 heterocycles. The number of nitrogens with zero attached hydrogens (tertiary/aromatic N) is 2. The molecule has 0 amide bonds. The average Bonchev–Trinajstić information content (AvgIpc) is 2.33. The zero-order valence-corrected chi connectivity index (χ0v) is 10.9. The molecule has 0 spiro atoms. The highest BCUT2D eigenvalue weighted by molar-refractivity contribution is 5.62. The topological polar surface area (TPSA) is 68.2 Å². The van der Waals surface area contributed by atoms with E-state index in [4.69, 9.17) is 11.5 Å². The van der Waals surface area contributed by atoms with E-state index in [2.05, 4.69) is 23.7 Å². The van der Waals surface area contributed by atoms with E-state index in [1.165, 1.54) is 25.7 Å². The molecule has 1 aromatic heterocycles. The van der Waals surface area contributed by atoms with Crippen LogP contribution in [-0.2, 0) is 0 Å². The van der Waals surface area contributed by atoms with Gasteiger partial charge in [0.15, 0.2) is 0 Å². The third-order valence-corrected chi connectivity index (χ3v) is 2.83. The van der Waals surface area contributed by atoms with Crippen molar-refractivity contribution < 1.29 is 0 Å². The number of hydrogen-bond acceptors (Lipinski definition) is 4. The quantitative estimate of drug-likeness (QED) is 0.763. The van der Waals surface area contributed by atoms with Crippen molar-refractivity contribution in [1.29, 1.82) is 0 Å². The molecule has 0 unspecified atom stereocenters. The smallest absolute Gasteiger partial charge is 0.149 e. The van der Waals surface area contributed by atoms with Crippen LogP contribution in [0.1, 0.15) is 39.5 Å². The predicted molar refractivity (Wildman–Crippen MR) is 75.1 cm³/mol. The maximum atomic E-state index is 5.75. The Morgan fingerprint density at radius 1 is 1.06 bits per heavy atom. The first kappa shape index (κ1) is 13.6. The van der Waals surface area contributed by atoms with Gasteiger partial charge in [-0.25, -0.2) is 4.98 Å². The van der Waals surface area contributed by atoms with Crippen molar-refractivity contribution in [2.24, 2.45) is 0 Å². The monoisotopic (exact) mass is 236 g/mol. The van der Waals surface area contributed by atoms with Crippen molar-refractivity contribution in [2.45, 2.75) is 39.5 Å². The number of hydrogen-bond donors (Lipinski definition) is 2. The summed E-state index contributed by atoms with van der Waals surface area (Å²) >= 11 is 0. The van der Waals surface area contributed by atoms with Crippen molar-refractivity contribution in [3.8, 4) is 0 Å². The molecule has 0 saturated heterocycles. The predicted octanol–water partition coefficient (Wildman–Crippen LogP) is 2.65. The van der Waals surface area contributed by atoms with Crippen molar-refractivity contribution >= 4 is 17.3 Å². The Balaban J connectivity index is 2.75. The fraction of sp³-hybridized carbons (Fsp3) is 0.615. The van der Waals surface area contributed by atoms with Gasteiger partial charge in [0.05, 0.1) is 5.69 Å². The number of unbranched alkanes of at least 4 members (excludes halogenated alkanes) is 2. The van der Waals surface area contributed by atoms with Gasteiger partial charge in [0, 0.05) is 13.1 Å². The lowest BCUT2D eigenvalue weighted by molar-refractivity contribution is 0.672.